The molecule has 2 rings (SSSR count). The van der Waals surface area contributed by atoms with Gasteiger partial charge in [0.2, 0.25) is 5.95 Å². The molecule has 0 spiro atoms. The van der Waals surface area contributed by atoms with Gasteiger partial charge < -0.3 is 20.9 Å². The number of aromatic nitrogens is 2. The average molecular weight is 300 g/mol. The molecule has 0 saturated carbocycles. The highest BCUT2D eigenvalue weighted by atomic mass is 16.5. The third-order valence-electron chi connectivity index (χ3n) is 3.29. The maximum atomic E-state index is 5.91. The predicted molar refractivity (Wildman–Crippen MR) is 87.9 cm³/mol. The number of nitrogens with two attached hydrogens (primary N) is 2. The van der Waals surface area contributed by atoms with Crippen molar-refractivity contribution in [2.75, 3.05) is 25.7 Å². The fourth-order valence-corrected chi connectivity index (χ4v) is 2.20. The Morgan fingerprint density at radius 1 is 1.09 bits per heavy atom. The third kappa shape index (κ3) is 3.28. The smallest absolute Gasteiger partial charge is 0.221 e. The highest BCUT2D eigenvalue weighted by Gasteiger charge is 2.12. The zero-order valence-corrected chi connectivity index (χ0v) is 13.0. The second kappa shape index (κ2) is 6.80. The van der Waals surface area contributed by atoms with Gasteiger partial charge >= 0.3 is 0 Å². The van der Waals surface area contributed by atoms with Crippen molar-refractivity contribution in [2.45, 2.75) is 13.3 Å². The Kier molecular flexibility index (Phi) is 4.83. The second-order valence-electron chi connectivity index (χ2n) is 4.72. The summed E-state index contributed by atoms with van der Waals surface area (Å²) in [5.74, 6) is 1.90. The van der Waals surface area contributed by atoms with Crippen LogP contribution in [0.3, 0.4) is 0 Å². The van der Waals surface area contributed by atoms with Gasteiger partial charge in [-0.25, -0.2) is 4.98 Å². The van der Waals surface area contributed by atoms with E-state index in [9.17, 15) is 0 Å². The lowest BCUT2D eigenvalue weighted by atomic mass is 9.99. The Labute approximate surface area is 129 Å². The first-order chi connectivity index (χ1) is 10.6. The molecule has 0 amide bonds. The van der Waals surface area contributed by atoms with Gasteiger partial charge in [-0.2, -0.15) is 4.98 Å². The summed E-state index contributed by atoms with van der Waals surface area (Å²) in [7, 11) is 3.22. The molecule has 0 aliphatic rings. The highest BCUT2D eigenvalue weighted by Crippen LogP contribution is 2.32. The van der Waals surface area contributed by atoms with E-state index in [1.165, 1.54) is 0 Å². The summed E-state index contributed by atoms with van der Waals surface area (Å²) < 4.78 is 10.7. The molecule has 1 heterocycles. The van der Waals surface area contributed by atoms with Crippen molar-refractivity contribution in [3.63, 3.8) is 0 Å². The van der Waals surface area contributed by atoms with Crippen LogP contribution < -0.4 is 20.9 Å². The summed E-state index contributed by atoms with van der Waals surface area (Å²) in [6.07, 6.45) is 6.19. The summed E-state index contributed by atoms with van der Waals surface area (Å²) >= 11 is 0. The van der Waals surface area contributed by atoms with E-state index in [1.807, 2.05) is 31.2 Å². The number of benzene rings is 1. The Morgan fingerprint density at radius 2 is 1.77 bits per heavy atom. The number of methoxy groups -OCH3 is 2. The Hall–Kier alpha value is -2.76. The molecule has 0 fully saturated rings. The normalized spacial score (nSPS) is 10.9. The van der Waals surface area contributed by atoms with Crippen molar-refractivity contribution in [3.05, 3.63) is 41.1 Å². The number of rotatable bonds is 5. The van der Waals surface area contributed by atoms with Crippen molar-refractivity contribution in [2.24, 2.45) is 0 Å². The number of hydrogen-bond donors (Lipinski definition) is 2. The summed E-state index contributed by atoms with van der Waals surface area (Å²) in [4.78, 5) is 7.99. The molecule has 0 aliphatic heterocycles. The van der Waals surface area contributed by atoms with E-state index >= 15 is 0 Å². The molecule has 2 aromatic rings. The van der Waals surface area contributed by atoms with Crippen LogP contribution in [-0.4, -0.2) is 24.2 Å². The van der Waals surface area contributed by atoms with Crippen LogP contribution in [0.5, 0.6) is 11.5 Å². The maximum Gasteiger partial charge on any atom is 0.221 e. The van der Waals surface area contributed by atoms with Crippen molar-refractivity contribution in [1.82, 2.24) is 9.97 Å². The Balaban J connectivity index is 2.48. The topological polar surface area (TPSA) is 96.3 Å². The fraction of sp³-hybridized carbons (Fsp3) is 0.250. The van der Waals surface area contributed by atoms with Gasteiger partial charge in [0.05, 0.1) is 14.2 Å². The van der Waals surface area contributed by atoms with Gasteiger partial charge in [-0.05, 0) is 30.2 Å². The van der Waals surface area contributed by atoms with E-state index in [-0.39, 0.29) is 5.95 Å². The minimum atomic E-state index is 0.169. The van der Waals surface area contributed by atoms with E-state index in [2.05, 4.69) is 9.97 Å². The monoisotopic (exact) mass is 300 g/mol. The predicted octanol–water partition coefficient (Wildman–Crippen LogP) is 2.28. The minimum Gasteiger partial charge on any atom is -0.493 e. The molecule has 6 nitrogen and oxygen atoms in total. The van der Waals surface area contributed by atoms with Gasteiger partial charge in [-0.15, -0.1) is 0 Å². The van der Waals surface area contributed by atoms with E-state index in [0.29, 0.717) is 23.7 Å². The summed E-state index contributed by atoms with van der Waals surface area (Å²) in [6, 6.07) is 3.87. The van der Waals surface area contributed by atoms with Gasteiger partial charge in [0.25, 0.3) is 0 Å². The molecule has 0 unspecified atom stereocenters. The average Bonchev–Trinajstić information content (AvgIpc) is 2.51. The molecule has 0 saturated heterocycles. The molecule has 4 N–H and O–H groups in total. The zero-order chi connectivity index (χ0) is 16.1. The molecule has 116 valence electrons. The first-order valence-electron chi connectivity index (χ1n) is 6.83. The maximum absolute atomic E-state index is 5.91. The van der Waals surface area contributed by atoms with E-state index in [0.717, 1.165) is 16.7 Å². The molecular weight excluding hydrogens is 280 g/mol. The standard InChI is InChI=1S/C16H20N4O2/c1-4-5-10-7-13(21-2)14(22-3)8-11(10)6-12-9-19-16(18)20-15(12)17/h4-5,7-9H,6H2,1-3H3,(H4,17,18,19,20)/b5-4-. The van der Waals surface area contributed by atoms with E-state index in [4.69, 9.17) is 20.9 Å². The highest BCUT2D eigenvalue weighted by molar-refractivity contribution is 5.61. The van der Waals surface area contributed by atoms with Crippen molar-refractivity contribution < 1.29 is 9.47 Å². The SMILES string of the molecule is C/C=C\c1cc(OC)c(OC)cc1Cc1cnc(N)nc1N. The number of hydrogen-bond acceptors (Lipinski definition) is 6. The van der Waals surface area contributed by atoms with Crippen LogP contribution in [0.15, 0.2) is 24.4 Å². The second-order valence-corrected chi connectivity index (χ2v) is 4.72. The van der Waals surface area contributed by atoms with Crippen LogP contribution in [0.1, 0.15) is 23.6 Å². The quantitative estimate of drug-likeness (QED) is 0.879. The Bertz CT molecular complexity index is 699. The molecular formula is C16H20N4O2. The van der Waals surface area contributed by atoms with Crippen LogP contribution >= 0.6 is 0 Å². The van der Waals surface area contributed by atoms with Gasteiger partial charge in [-0.3, -0.25) is 0 Å². The first-order valence-corrected chi connectivity index (χ1v) is 6.83. The van der Waals surface area contributed by atoms with E-state index < -0.39 is 0 Å². The zero-order valence-electron chi connectivity index (χ0n) is 13.0. The van der Waals surface area contributed by atoms with Gasteiger partial charge in [0, 0.05) is 18.2 Å². The van der Waals surface area contributed by atoms with Crippen LogP contribution in [0.25, 0.3) is 6.08 Å². The lowest BCUT2D eigenvalue weighted by Gasteiger charge is -2.14. The van der Waals surface area contributed by atoms with Crippen LogP contribution in [0.2, 0.25) is 0 Å². The van der Waals surface area contributed by atoms with Crippen LogP contribution in [0, 0.1) is 0 Å². The summed E-state index contributed by atoms with van der Waals surface area (Å²) in [5, 5.41) is 0. The van der Waals surface area contributed by atoms with Crippen LogP contribution in [-0.2, 0) is 6.42 Å². The summed E-state index contributed by atoms with van der Waals surface area (Å²) in [5.41, 5.74) is 14.3. The molecule has 22 heavy (non-hydrogen) atoms. The van der Waals surface area contributed by atoms with Crippen molar-refractivity contribution in [3.8, 4) is 11.5 Å². The molecule has 0 bridgehead atoms. The minimum absolute atomic E-state index is 0.169. The van der Waals surface area contributed by atoms with Gasteiger partial charge in [0.15, 0.2) is 11.5 Å². The van der Waals surface area contributed by atoms with Crippen molar-refractivity contribution in [1.29, 1.82) is 0 Å². The molecule has 1 aromatic carbocycles. The Morgan fingerprint density at radius 3 is 2.36 bits per heavy atom. The van der Waals surface area contributed by atoms with E-state index in [1.54, 1.807) is 20.4 Å². The van der Waals surface area contributed by atoms with Gasteiger partial charge in [-0.1, -0.05) is 12.2 Å². The first kappa shape index (κ1) is 15.6. The number of anilines is 2. The number of nitrogens with zero attached hydrogens (tertiary/aromatic N) is 2. The number of ether oxygens (including phenoxy) is 2. The molecule has 0 radical (unpaired) electrons. The molecule has 6 heteroatoms. The largest absolute Gasteiger partial charge is 0.493 e. The summed E-state index contributed by atoms with van der Waals surface area (Å²) in [6.45, 7) is 1.96. The number of allylic oxidation sites excluding steroid dienone is 1. The fourth-order valence-electron chi connectivity index (χ4n) is 2.20. The molecule has 0 aliphatic carbocycles. The molecule has 0 atom stereocenters. The number of nitrogen functional groups attached to an aromatic ring is 2. The lowest BCUT2D eigenvalue weighted by Crippen LogP contribution is -2.05. The van der Waals surface area contributed by atoms with Crippen LogP contribution in [0.4, 0.5) is 11.8 Å². The third-order valence-corrected chi connectivity index (χ3v) is 3.29. The van der Waals surface area contributed by atoms with Crippen molar-refractivity contribution >= 4 is 17.8 Å². The molecule has 1 aromatic heterocycles. The van der Waals surface area contributed by atoms with Gasteiger partial charge in [0.1, 0.15) is 5.82 Å². The lowest BCUT2D eigenvalue weighted by molar-refractivity contribution is 0.354.